The number of benzene rings is 5. The van der Waals surface area contributed by atoms with E-state index in [4.69, 9.17) is 13.2 Å². The third-order valence-electron chi connectivity index (χ3n) is 11.2. The molecular weight excluding hydrogens is 733 g/mol. The summed E-state index contributed by atoms with van der Waals surface area (Å²) >= 11 is 0. The van der Waals surface area contributed by atoms with Gasteiger partial charge in [0.05, 0.1) is 16.6 Å². The van der Waals surface area contributed by atoms with Gasteiger partial charge in [0.2, 0.25) is 11.4 Å². The molecule has 0 N–H and O–H groups in total. The second kappa shape index (κ2) is 13.8. The molecule has 0 aliphatic carbocycles. The van der Waals surface area contributed by atoms with Gasteiger partial charge in [-0.1, -0.05) is 96.1 Å². The molecular formula is C52H47F2N5+2. The second-order valence-electron chi connectivity index (χ2n) is 17.2. The van der Waals surface area contributed by atoms with E-state index in [2.05, 4.69) is 31.8 Å². The molecule has 0 amide bonds. The maximum Gasteiger partial charge on any atom is 0.503 e. The highest BCUT2D eigenvalue weighted by atomic mass is 19.3. The molecule has 1 aliphatic heterocycles. The highest BCUT2D eigenvalue weighted by Gasteiger charge is 2.41. The zero-order chi connectivity index (χ0) is 46.4. The first-order valence-electron chi connectivity index (χ1n) is 22.6. The number of aromatic nitrogens is 3. The van der Waals surface area contributed by atoms with Crippen molar-refractivity contribution in [1.29, 1.82) is 0 Å². The van der Waals surface area contributed by atoms with E-state index in [0.29, 0.717) is 45.2 Å². The minimum Gasteiger partial charge on any atom is -0.294 e. The molecule has 1 aliphatic rings. The Morgan fingerprint density at radius 2 is 1.27 bits per heavy atom. The van der Waals surface area contributed by atoms with Gasteiger partial charge in [0.1, 0.15) is 5.82 Å². The zero-order valence-corrected chi connectivity index (χ0v) is 33.8. The summed E-state index contributed by atoms with van der Waals surface area (Å²) in [5.41, 5.74) is 4.36. The van der Waals surface area contributed by atoms with Crippen LogP contribution in [0.2, 0.25) is 0 Å². The van der Waals surface area contributed by atoms with Crippen LogP contribution < -0.4 is 9.15 Å². The molecule has 0 bridgehead atoms. The number of alkyl halides is 2. The van der Waals surface area contributed by atoms with Crippen LogP contribution >= 0.6 is 0 Å². The topological polar surface area (TPSA) is 36.7 Å². The van der Waals surface area contributed by atoms with E-state index in [1.165, 1.54) is 30.3 Å². The molecule has 292 valence electrons. The van der Waals surface area contributed by atoms with E-state index in [1.807, 2.05) is 73.9 Å². The quantitative estimate of drug-likeness (QED) is 0.157. The highest BCUT2D eigenvalue weighted by Crippen LogP contribution is 2.45. The number of hydrogen-bond donors (Lipinski definition) is 0. The normalized spacial score (nSPS) is 15.1. The predicted molar refractivity (Wildman–Crippen MR) is 239 cm³/mol. The van der Waals surface area contributed by atoms with Crippen LogP contribution in [-0.2, 0) is 16.8 Å². The number of para-hydroxylation sites is 3. The number of fused-ring (bicyclic) bond motifs is 4. The molecule has 5 aromatic carbocycles. The van der Waals surface area contributed by atoms with Gasteiger partial charge < -0.3 is 0 Å². The van der Waals surface area contributed by atoms with Crippen molar-refractivity contribution in [2.45, 2.75) is 72.0 Å². The van der Waals surface area contributed by atoms with Crippen LogP contribution in [0.1, 0.15) is 83.1 Å². The van der Waals surface area contributed by atoms with Crippen LogP contribution in [0.3, 0.4) is 0 Å². The molecule has 0 unspecified atom stereocenters. The lowest BCUT2D eigenvalue weighted by Crippen LogP contribution is -2.19. The Kier molecular flexibility index (Phi) is 7.34. The van der Waals surface area contributed by atoms with E-state index in [0.717, 1.165) is 21.9 Å². The first-order chi connectivity index (χ1) is 30.5. The molecule has 0 saturated heterocycles. The average Bonchev–Trinajstić information content (AvgIpc) is 3.81. The summed E-state index contributed by atoms with van der Waals surface area (Å²) in [4.78, 5) is 9.10. The second-order valence-corrected chi connectivity index (χ2v) is 17.2. The van der Waals surface area contributed by atoms with Crippen LogP contribution in [0, 0.1) is 13.7 Å². The van der Waals surface area contributed by atoms with Gasteiger partial charge in [-0.05, 0) is 97.9 Å². The van der Waals surface area contributed by atoms with E-state index >= 15 is 8.78 Å². The van der Waals surface area contributed by atoms with Crippen LogP contribution in [-0.4, -0.2) is 20.5 Å². The molecule has 8 aromatic rings. The van der Waals surface area contributed by atoms with E-state index in [-0.39, 0.29) is 33.2 Å². The lowest BCUT2D eigenvalue weighted by molar-refractivity contribution is 0.0428. The van der Waals surface area contributed by atoms with Crippen LogP contribution in [0.4, 0.5) is 31.5 Å². The summed E-state index contributed by atoms with van der Waals surface area (Å²) in [6, 6.07) is 37.7. The number of nitrogens with zero attached hydrogens (tertiary/aromatic N) is 5. The first kappa shape index (κ1) is 31.4. The number of pyridine rings is 2. The monoisotopic (exact) mass is 785 g/mol. The van der Waals surface area contributed by atoms with Crippen LogP contribution in [0.5, 0.6) is 0 Å². The molecule has 4 heterocycles. The fourth-order valence-electron chi connectivity index (χ4n) is 7.99. The number of halogens is 2. The van der Waals surface area contributed by atoms with Gasteiger partial charge in [0.15, 0.2) is 0 Å². The van der Waals surface area contributed by atoms with Crippen molar-refractivity contribution in [3.63, 3.8) is 0 Å². The van der Waals surface area contributed by atoms with Gasteiger partial charge in [0.25, 0.3) is 17.3 Å². The molecule has 9 rings (SSSR count). The molecule has 0 radical (unpaired) electrons. The van der Waals surface area contributed by atoms with Gasteiger partial charge in [-0.15, -0.1) is 0 Å². The maximum absolute atomic E-state index is 17.6. The highest BCUT2D eigenvalue weighted by molar-refractivity contribution is 6.09. The van der Waals surface area contributed by atoms with Crippen molar-refractivity contribution >= 4 is 50.6 Å². The number of rotatable bonds is 6. The fraction of sp³-hybridized carbons (Fsp3) is 0.212. The Labute approximate surface area is 352 Å². The summed E-state index contributed by atoms with van der Waals surface area (Å²) in [5, 5.41) is 1.59. The molecule has 3 aromatic heterocycles. The van der Waals surface area contributed by atoms with Gasteiger partial charge in [-0.3, -0.25) is 9.55 Å². The lowest BCUT2D eigenvalue weighted by Gasteiger charge is -2.23. The summed E-state index contributed by atoms with van der Waals surface area (Å²) in [7, 11) is 0. The smallest absolute Gasteiger partial charge is 0.294 e. The molecule has 59 heavy (non-hydrogen) atoms. The number of hydrogen-bond acceptors (Lipinski definition) is 2. The Morgan fingerprint density at radius 3 is 1.98 bits per heavy atom. The molecule has 0 saturated carbocycles. The summed E-state index contributed by atoms with van der Waals surface area (Å²) in [5.74, 6) is -2.87. The predicted octanol–water partition coefficient (Wildman–Crippen LogP) is 13.4. The fourth-order valence-corrected chi connectivity index (χ4v) is 7.99. The van der Waals surface area contributed by atoms with Crippen molar-refractivity contribution in [2.75, 3.05) is 0 Å². The third kappa shape index (κ3) is 6.47. The van der Waals surface area contributed by atoms with Crippen LogP contribution in [0.25, 0.3) is 38.8 Å². The SMILES string of the molecule is [2H]C([2H])([2H])c1cccc(C([2H])([2H])[2H])c1-c1ccccc1[N+]1=C=[N+](c2cc(C(C)(C)C)cc(C(F)(F)c3ccc4c5cnccc5n(-c5cc(C(C)(C)C)ccn5)c4c3)c2)c2ccccc21. The van der Waals surface area contributed by atoms with Crippen LogP contribution in [0.15, 0.2) is 140 Å². The molecule has 5 nitrogen and oxygen atoms in total. The van der Waals surface area contributed by atoms with Crippen molar-refractivity contribution in [3.8, 4) is 16.9 Å². The summed E-state index contributed by atoms with van der Waals surface area (Å²) in [6.07, 6.45) is 5.19. The zero-order valence-electron chi connectivity index (χ0n) is 39.8. The van der Waals surface area contributed by atoms with Crippen molar-refractivity contribution < 1.29 is 17.0 Å². The van der Waals surface area contributed by atoms with E-state index in [9.17, 15) is 0 Å². The molecule has 0 atom stereocenters. The third-order valence-corrected chi connectivity index (χ3v) is 11.2. The lowest BCUT2D eigenvalue weighted by atomic mass is 9.84. The Hall–Kier alpha value is -6.56. The Bertz CT molecular complexity index is 3260. The molecule has 0 fully saturated rings. The standard InChI is InChI=1S/C52H47F2N5/c1-33-14-13-15-34(2)49(33)41-16-9-10-17-43(41)58-32-57(45-18-11-12-19-46(45)58)39-27-37(51(6,7)8)26-38(28-39)52(53,54)36-20-21-40-42-31-55-24-23-44(42)59(47(40)29-36)48-30-35(22-25-56-48)50(3,4)5/h9-31H,1-8H3/q+2/i1D3,2D3. The van der Waals surface area contributed by atoms with Crippen molar-refractivity contribution in [3.05, 3.63) is 173 Å². The van der Waals surface area contributed by atoms with Crippen molar-refractivity contribution in [2.24, 2.45) is 0 Å². The van der Waals surface area contributed by atoms with E-state index < -0.39 is 25.0 Å². The molecule has 0 spiro atoms. The minimum absolute atomic E-state index is 0.0856. The Morgan fingerprint density at radius 1 is 0.593 bits per heavy atom. The number of aryl methyl sites for hydroxylation is 2. The van der Waals surface area contributed by atoms with Gasteiger partial charge >= 0.3 is 6.01 Å². The van der Waals surface area contributed by atoms with Gasteiger partial charge in [0, 0.05) is 79.0 Å². The van der Waals surface area contributed by atoms with E-state index in [1.54, 1.807) is 70.2 Å². The first-order valence-corrected chi connectivity index (χ1v) is 19.6. The minimum atomic E-state index is -3.49. The van der Waals surface area contributed by atoms with Gasteiger partial charge in [-0.2, -0.15) is 8.78 Å². The summed E-state index contributed by atoms with van der Waals surface area (Å²) in [6.45, 7) is 7.02. The largest absolute Gasteiger partial charge is 0.503 e. The van der Waals surface area contributed by atoms with Gasteiger partial charge in [-0.25, -0.2) is 4.98 Å². The summed E-state index contributed by atoms with van der Waals surface area (Å²) < 4.78 is 91.0. The van der Waals surface area contributed by atoms with Crippen molar-refractivity contribution in [1.82, 2.24) is 23.7 Å². The average molecular weight is 786 g/mol. The molecule has 7 heteroatoms. The maximum atomic E-state index is 17.6. The Balaban J connectivity index is 1.25.